The number of carbonyl (C=O) groups is 1. The van der Waals surface area contributed by atoms with Crippen molar-refractivity contribution in [1.29, 1.82) is 0 Å². The van der Waals surface area contributed by atoms with Gasteiger partial charge in [0.15, 0.2) is 5.69 Å². The highest BCUT2D eigenvalue weighted by Crippen LogP contribution is 2.16. The van der Waals surface area contributed by atoms with Crippen molar-refractivity contribution in [2.75, 3.05) is 0 Å². The number of aromatic nitrogens is 2. The second kappa shape index (κ2) is 4.57. The number of rotatable bonds is 4. The van der Waals surface area contributed by atoms with Gasteiger partial charge in [-0.15, -0.1) is 0 Å². The Morgan fingerprint density at radius 1 is 1.47 bits per heavy atom. The Bertz CT molecular complexity index is 558. The number of hydrogen-bond acceptors (Lipinski definition) is 2. The van der Waals surface area contributed by atoms with Crippen molar-refractivity contribution in [2.24, 2.45) is 0 Å². The van der Waals surface area contributed by atoms with Gasteiger partial charge in [0, 0.05) is 6.20 Å². The second-order valence-electron chi connectivity index (χ2n) is 4.25. The van der Waals surface area contributed by atoms with Crippen LogP contribution in [-0.2, 0) is 6.42 Å². The Morgan fingerprint density at radius 2 is 2.24 bits per heavy atom. The van der Waals surface area contributed by atoms with Gasteiger partial charge in [0.1, 0.15) is 5.65 Å². The van der Waals surface area contributed by atoms with Gasteiger partial charge in [0.05, 0.1) is 5.69 Å². The Hall–Kier alpha value is -1.84. The molecule has 2 aromatic rings. The van der Waals surface area contributed by atoms with Crippen molar-refractivity contribution >= 4 is 11.6 Å². The summed E-state index contributed by atoms with van der Waals surface area (Å²) in [5, 5.41) is 9.28. The van der Waals surface area contributed by atoms with Crippen LogP contribution in [0.2, 0.25) is 0 Å². The van der Waals surface area contributed by atoms with Crippen LogP contribution in [0.15, 0.2) is 18.3 Å². The molecule has 0 aliphatic heterocycles. The Balaban J connectivity index is 2.58. The minimum atomic E-state index is -0.908. The average molecular weight is 232 g/mol. The van der Waals surface area contributed by atoms with E-state index in [2.05, 4.69) is 11.9 Å². The lowest BCUT2D eigenvalue weighted by atomic mass is 10.2. The number of nitrogens with zero attached hydrogens (tertiary/aromatic N) is 2. The van der Waals surface area contributed by atoms with Gasteiger partial charge in [-0.05, 0) is 31.4 Å². The molecule has 0 saturated carbocycles. The molecule has 0 aromatic carbocycles. The van der Waals surface area contributed by atoms with E-state index in [1.54, 1.807) is 4.40 Å². The molecule has 0 amide bonds. The van der Waals surface area contributed by atoms with E-state index in [1.807, 2.05) is 25.3 Å². The van der Waals surface area contributed by atoms with E-state index in [0.717, 1.165) is 24.8 Å². The van der Waals surface area contributed by atoms with Gasteiger partial charge in [-0.2, -0.15) is 0 Å². The molecule has 0 fully saturated rings. The highest BCUT2D eigenvalue weighted by atomic mass is 16.4. The topological polar surface area (TPSA) is 54.6 Å². The Labute approximate surface area is 99.9 Å². The van der Waals surface area contributed by atoms with Gasteiger partial charge in [-0.3, -0.25) is 4.40 Å². The van der Waals surface area contributed by atoms with Crippen molar-refractivity contribution in [3.05, 3.63) is 35.3 Å². The molecule has 0 bridgehead atoms. The largest absolute Gasteiger partial charge is 0.477 e. The average Bonchev–Trinajstić information content (AvgIpc) is 2.63. The maximum Gasteiger partial charge on any atom is 0.354 e. The summed E-state index contributed by atoms with van der Waals surface area (Å²) < 4.78 is 1.67. The molecule has 2 heterocycles. The van der Waals surface area contributed by atoms with E-state index in [1.165, 1.54) is 0 Å². The van der Waals surface area contributed by atoms with E-state index in [0.29, 0.717) is 17.0 Å². The SMILES string of the molecule is CCCCc1nc2ccc(C)cn2c1C(=O)O. The molecule has 0 radical (unpaired) electrons. The van der Waals surface area contributed by atoms with Crippen LogP contribution in [-0.4, -0.2) is 20.5 Å². The summed E-state index contributed by atoms with van der Waals surface area (Å²) in [4.78, 5) is 15.7. The first kappa shape index (κ1) is 11.6. The molecule has 0 atom stereocenters. The number of carboxylic acids is 1. The highest BCUT2D eigenvalue weighted by Gasteiger charge is 2.17. The van der Waals surface area contributed by atoms with Gasteiger partial charge in [0.2, 0.25) is 0 Å². The zero-order valence-electron chi connectivity index (χ0n) is 10.1. The number of pyridine rings is 1. The molecule has 0 spiro atoms. The van der Waals surface area contributed by atoms with Crippen LogP contribution >= 0.6 is 0 Å². The van der Waals surface area contributed by atoms with Crippen LogP contribution in [0.5, 0.6) is 0 Å². The lowest BCUT2D eigenvalue weighted by Gasteiger charge is -2.00. The lowest BCUT2D eigenvalue weighted by Crippen LogP contribution is -2.05. The van der Waals surface area contributed by atoms with Gasteiger partial charge in [-0.1, -0.05) is 19.4 Å². The number of fused-ring (bicyclic) bond motifs is 1. The van der Waals surface area contributed by atoms with Gasteiger partial charge >= 0.3 is 5.97 Å². The predicted octanol–water partition coefficient (Wildman–Crippen LogP) is 2.68. The lowest BCUT2D eigenvalue weighted by molar-refractivity contribution is 0.0688. The molecule has 4 heteroatoms. The predicted molar refractivity (Wildman–Crippen MR) is 65.5 cm³/mol. The smallest absolute Gasteiger partial charge is 0.354 e. The summed E-state index contributed by atoms with van der Waals surface area (Å²) >= 11 is 0. The molecule has 0 aliphatic carbocycles. The second-order valence-corrected chi connectivity index (χ2v) is 4.25. The summed E-state index contributed by atoms with van der Waals surface area (Å²) in [6.07, 6.45) is 4.54. The first-order valence-electron chi connectivity index (χ1n) is 5.84. The molecule has 1 N–H and O–H groups in total. The van der Waals surface area contributed by atoms with Gasteiger partial charge in [0.25, 0.3) is 0 Å². The fourth-order valence-corrected chi connectivity index (χ4v) is 1.94. The standard InChI is InChI=1S/C13H16N2O2/c1-3-4-5-10-12(13(16)17)15-8-9(2)6-7-11(15)14-10/h6-8H,3-5H2,1-2H3,(H,16,17). The maximum absolute atomic E-state index is 11.3. The molecule has 17 heavy (non-hydrogen) atoms. The molecular formula is C13H16N2O2. The van der Waals surface area contributed by atoms with Crippen molar-refractivity contribution in [3.63, 3.8) is 0 Å². The number of unbranched alkanes of at least 4 members (excludes halogenated alkanes) is 1. The van der Waals surface area contributed by atoms with Gasteiger partial charge in [-0.25, -0.2) is 9.78 Å². The molecule has 0 aliphatic rings. The first-order valence-corrected chi connectivity index (χ1v) is 5.84. The molecule has 0 unspecified atom stereocenters. The van der Waals surface area contributed by atoms with E-state index in [-0.39, 0.29) is 0 Å². The zero-order valence-corrected chi connectivity index (χ0v) is 10.1. The Morgan fingerprint density at radius 3 is 2.88 bits per heavy atom. The van der Waals surface area contributed by atoms with Crippen LogP contribution < -0.4 is 0 Å². The molecule has 2 rings (SSSR count). The van der Waals surface area contributed by atoms with E-state index >= 15 is 0 Å². The number of aryl methyl sites for hydroxylation is 2. The van der Waals surface area contributed by atoms with Crippen molar-refractivity contribution in [1.82, 2.24) is 9.38 Å². The van der Waals surface area contributed by atoms with Gasteiger partial charge < -0.3 is 5.11 Å². The molecular weight excluding hydrogens is 216 g/mol. The zero-order chi connectivity index (χ0) is 12.4. The molecule has 90 valence electrons. The number of imidazole rings is 1. The summed E-state index contributed by atoms with van der Waals surface area (Å²) in [6, 6.07) is 3.80. The third-order valence-corrected chi connectivity index (χ3v) is 2.81. The number of aromatic carboxylic acids is 1. The molecule has 0 saturated heterocycles. The highest BCUT2D eigenvalue weighted by molar-refractivity contribution is 5.88. The van der Waals surface area contributed by atoms with Crippen LogP contribution in [0.1, 0.15) is 41.5 Å². The summed E-state index contributed by atoms with van der Waals surface area (Å²) in [5.41, 5.74) is 2.72. The summed E-state index contributed by atoms with van der Waals surface area (Å²) in [7, 11) is 0. The monoisotopic (exact) mass is 232 g/mol. The number of hydrogen-bond donors (Lipinski definition) is 1. The van der Waals surface area contributed by atoms with E-state index in [4.69, 9.17) is 0 Å². The van der Waals surface area contributed by atoms with Crippen LogP contribution in [0, 0.1) is 6.92 Å². The maximum atomic E-state index is 11.3. The molecule has 4 nitrogen and oxygen atoms in total. The minimum Gasteiger partial charge on any atom is -0.477 e. The summed E-state index contributed by atoms with van der Waals surface area (Å²) in [6.45, 7) is 4.02. The van der Waals surface area contributed by atoms with Crippen LogP contribution in [0.4, 0.5) is 0 Å². The third kappa shape index (κ3) is 2.16. The minimum absolute atomic E-state index is 0.303. The number of carboxylic acid groups (broad SMARTS) is 1. The van der Waals surface area contributed by atoms with E-state index < -0.39 is 5.97 Å². The normalized spacial score (nSPS) is 10.9. The van der Waals surface area contributed by atoms with Crippen molar-refractivity contribution < 1.29 is 9.90 Å². The first-order chi connectivity index (χ1) is 8.13. The van der Waals surface area contributed by atoms with E-state index in [9.17, 15) is 9.90 Å². The Kier molecular flexibility index (Phi) is 3.13. The third-order valence-electron chi connectivity index (χ3n) is 2.81. The fraction of sp³-hybridized carbons (Fsp3) is 0.385. The van der Waals surface area contributed by atoms with Crippen molar-refractivity contribution in [2.45, 2.75) is 33.1 Å². The fourth-order valence-electron chi connectivity index (χ4n) is 1.94. The van der Waals surface area contributed by atoms with Crippen LogP contribution in [0.25, 0.3) is 5.65 Å². The quantitative estimate of drug-likeness (QED) is 0.881. The van der Waals surface area contributed by atoms with Crippen molar-refractivity contribution in [3.8, 4) is 0 Å². The molecule has 2 aromatic heterocycles. The summed E-state index contributed by atoms with van der Waals surface area (Å²) in [5.74, 6) is -0.908. The van der Waals surface area contributed by atoms with Crippen LogP contribution in [0.3, 0.4) is 0 Å².